The van der Waals surface area contributed by atoms with Crippen molar-refractivity contribution < 1.29 is 0 Å². The van der Waals surface area contributed by atoms with Crippen LogP contribution in [0.4, 0.5) is 5.69 Å². The molecule has 0 amide bonds. The van der Waals surface area contributed by atoms with Crippen LogP contribution in [-0.4, -0.2) is 16.7 Å². The number of hydrogen-bond acceptors (Lipinski definition) is 2. The molecule has 0 spiro atoms. The third-order valence-corrected chi connectivity index (χ3v) is 2.51. The zero-order chi connectivity index (χ0) is 12.3. The normalized spacial score (nSPS) is 10.8. The summed E-state index contributed by atoms with van der Waals surface area (Å²) >= 11 is 0. The average molecular weight is 231 g/mol. The zero-order valence-corrected chi connectivity index (χ0v) is 10.1. The highest BCUT2D eigenvalue weighted by atomic mass is 16.1. The summed E-state index contributed by atoms with van der Waals surface area (Å²) < 4.78 is 0. The second-order valence-corrected chi connectivity index (χ2v) is 4.52. The van der Waals surface area contributed by atoms with Gasteiger partial charge in [-0.15, -0.1) is 0 Å². The Labute approximate surface area is 100 Å². The molecule has 0 unspecified atom stereocenters. The van der Waals surface area contributed by atoms with E-state index >= 15 is 0 Å². The van der Waals surface area contributed by atoms with E-state index in [2.05, 4.69) is 29.4 Å². The highest BCUT2D eigenvalue weighted by Gasteiger charge is 2.00. The van der Waals surface area contributed by atoms with E-state index in [1.165, 1.54) is 0 Å². The smallest absolute Gasteiger partial charge is 0.264 e. The Morgan fingerprint density at radius 1 is 1.18 bits per heavy atom. The lowest BCUT2D eigenvalue weighted by molar-refractivity contribution is 0.689. The first-order valence-corrected chi connectivity index (χ1v) is 5.77. The van der Waals surface area contributed by atoms with Gasteiger partial charge in [0.15, 0.2) is 0 Å². The maximum Gasteiger partial charge on any atom is 0.264 e. The van der Waals surface area contributed by atoms with Crippen LogP contribution >= 0.6 is 0 Å². The fourth-order valence-corrected chi connectivity index (χ4v) is 1.58. The Morgan fingerprint density at radius 3 is 2.41 bits per heavy atom. The number of nitrogens with one attached hydrogen (secondary N) is 3. The molecule has 90 valence electrons. The fourth-order valence-electron chi connectivity index (χ4n) is 1.58. The molecule has 0 saturated carbocycles. The topological polar surface area (TPSA) is 60.7 Å². The second kappa shape index (κ2) is 4.91. The van der Waals surface area contributed by atoms with Crippen LogP contribution in [0.25, 0.3) is 11.3 Å². The van der Waals surface area contributed by atoms with E-state index in [1.54, 1.807) is 6.07 Å². The molecule has 0 aliphatic heterocycles. The average Bonchev–Trinajstić information content (AvgIpc) is 2.74. The second-order valence-electron chi connectivity index (χ2n) is 4.52. The molecule has 0 fully saturated rings. The van der Waals surface area contributed by atoms with E-state index in [0.717, 1.165) is 23.5 Å². The monoisotopic (exact) mass is 231 g/mol. The van der Waals surface area contributed by atoms with Crippen LogP contribution in [0.2, 0.25) is 0 Å². The molecule has 0 saturated heterocycles. The third kappa shape index (κ3) is 3.00. The highest BCUT2D eigenvalue weighted by molar-refractivity contribution is 5.62. The minimum atomic E-state index is -0.109. The predicted octanol–water partition coefficient (Wildman–Crippen LogP) is 2.44. The van der Waals surface area contributed by atoms with Crippen molar-refractivity contribution in [2.45, 2.75) is 13.8 Å². The SMILES string of the molecule is CC(C)CNc1ccc(-c2cc(=O)[nH][nH]2)cc1. The molecule has 1 aromatic heterocycles. The van der Waals surface area contributed by atoms with E-state index in [1.807, 2.05) is 24.3 Å². The number of H-pyrrole nitrogens is 2. The number of aromatic nitrogens is 2. The van der Waals surface area contributed by atoms with Gasteiger partial charge < -0.3 is 5.32 Å². The zero-order valence-electron chi connectivity index (χ0n) is 10.1. The van der Waals surface area contributed by atoms with Gasteiger partial charge in [-0.2, -0.15) is 0 Å². The number of hydrogen-bond donors (Lipinski definition) is 3. The summed E-state index contributed by atoms with van der Waals surface area (Å²) in [6.45, 7) is 5.30. The minimum absolute atomic E-state index is 0.109. The first-order valence-electron chi connectivity index (χ1n) is 5.77. The van der Waals surface area contributed by atoms with Gasteiger partial charge in [-0.1, -0.05) is 26.0 Å². The summed E-state index contributed by atoms with van der Waals surface area (Å²) in [5.41, 5.74) is 2.80. The van der Waals surface area contributed by atoms with Gasteiger partial charge >= 0.3 is 0 Å². The molecule has 1 aromatic carbocycles. The Kier molecular flexibility index (Phi) is 3.32. The molecule has 17 heavy (non-hydrogen) atoms. The molecule has 3 N–H and O–H groups in total. The van der Waals surface area contributed by atoms with Crippen molar-refractivity contribution in [3.63, 3.8) is 0 Å². The summed E-state index contributed by atoms with van der Waals surface area (Å²) in [4.78, 5) is 11.0. The minimum Gasteiger partial charge on any atom is -0.385 e. The van der Waals surface area contributed by atoms with Gasteiger partial charge in [0.05, 0.1) is 5.69 Å². The van der Waals surface area contributed by atoms with Gasteiger partial charge in [0.1, 0.15) is 0 Å². The van der Waals surface area contributed by atoms with Crippen molar-refractivity contribution in [2.75, 3.05) is 11.9 Å². The fraction of sp³-hybridized carbons (Fsp3) is 0.308. The number of benzene rings is 1. The molecule has 2 rings (SSSR count). The third-order valence-electron chi connectivity index (χ3n) is 2.51. The standard InChI is InChI=1S/C13H17N3O/c1-9(2)8-14-11-5-3-10(4-6-11)12-7-13(17)16-15-12/h3-7,9,14H,8H2,1-2H3,(H2,15,16,17). The molecule has 1 heterocycles. The molecule has 0 aliphatic rings. The van der Waals surface area contributed by atoms with Crippen molar-refractivity contribution in [3.8, 4) is 11.3 Å². The summed E-state index contributed by atoms with van der Waals surface area (Å²) in [6.07, 6.45) is 0. The highest BCUT2D eigenvalue weighted by Crippen LogP contribution is 2.18. The van der Waals surface area contributed by atoms with Gasteiger partial charge in [-0.25, -0.2) is 0 Å². The molecule has 0 bridgehead atoms. The molecule has 0 aliphatic carbocycles. The summed E-state index contributed by atoms with van der Waals surface area (Å²) in [5.74, 6) is 0.621. The van der Waals surface area contributed by atoms with Crippen LogP contribution in [0.3, 0.4) is 0 Å². The summed E-state index contributed by atoms with van der Waals surface area (Å²) in [6, 6.07) is 9.56. The van der Waals surface area contributed by atoms with E-state index in [0.29, 0.717) is 5.92 Å². The van der Waals surface area contributed by atoms with Crippen LogP contribution in [-0.2, 0) is 0 Å². The predicted molar refractivity (Wildman–Crippen MR) is 70.2 cm³/mol. The lowest BCUT2D eigenvalue weighted by Gasteiger charge is -2.09. The maximum atomic E-state index is 11.0. The van der Waals surface area contributed by atoms with Crippen molar-refractivity contribution in [3.05, 3.63) is 40.7 Å². The van der Waals surface area contributed by atoms with E-state index in [-0.39, 0.29) is 5.56 Å². The van der Waals surface area contributed by atoms with Crippen LogP contribution < -0.4 is 10.9 Å². The Hall–Kier alpha value is -1.97. The number of rotatable bonds is 4. The van der Waals surface area contributed by atoms with E-state index in [4.69, 9.17) is 0 Å². The van der Waals surface area contributed by atoms with E-state index in [9.17, 15) is 4.79 Å². The Bertz CT molecular complexity index is 522. The molecule has 0 radical (unpaired) electrons. The summed E-state index contributed by atoms with van der Waals surface area (Å²) in [7, 11) is 0. The number of anilines is 1. The van der Waals surface area contributed by atoms with Gasteiger partial charge in [-0.05, 0) is 23.6 Å². The molecule has 4 nitrogen and oxygen atoms in total. The molecule has 2 aromatic rings. The quantitative estimate of drug-likeness (QED) is 0.756. The van der Waals surface area contributed by atoms with Gasteiger partial charge in [0.25, 0.3) is 5.56 Å². The Morgan fingerprint density at radius 2 is 1.88 bits per heavy atom. The van der Waals surface area contributed by atoms with Crippen molar-refractivity contribution in [1.29, 1.82) is 0 Å². The van der Waals surface area contributed by atoms with Gasteiger partial charge in [0.2, 0.25) is 0 Å². The molecular weight excluding hydrogens is 214 g/mol. The lowest BCUT2D eigenvalue weighted by atomic mass is 10.1. The van der Waals surface area contributed by atoms with E-state index < -0.39 is 0 Å². The molecular formula is C13H17N3O. The number of aromatic amines is 2. The van der Waals surface area contributed by atoms with Crippen molar-refractivity contribution in [1.82, 2.24) is 10.2 Å². The first-order chi connectivity index (χ1) is 8.15. The lowest BCUT2D eigenvalue weighted by Crippen LogP contribution is -2.07. The van der Waals surface area contributed by atoms with Crippen molar-refractivity contribution >= 4 is 5.69 Å². The van der Waals surface area contributed by atoms with Crippen molar-refractivity contribution in [2.24, 2.45) is 5.92 Å². The Balaban J connectivity index is 2.10. The van der Waals surface area contributed by atoms with Crippen LogP contribution in [0.15, 0.2) is 35.1 Å². The molecule has 4 heteroatoms. The van der Waals surface area contributed by atoms with Gasteiger partial charge in [0, 0.05) is 18.3 Å². The first kappa shape index (κ1) is 11.5. The van der Waals surface area contributed by atoms with Crippen LogP contribution in [0, 0.1) is 5.92 Å². The maximum absolute atomic E-state index is 11.0. The van der Waals surface area contributed by atoms with Crippen LogP contribution in [0.1, 0.15) is 13.8 Å². The van der Waals surface area contributed by atoms with Crippen LogP contribution in [0.5, 0.6) is 0 Å². The largest absolute Gasteiger partial charge is 0.385 e. The molecule has 0 atom stereocenters. The van der Waals surface area contributed by atoms with Gasteiger partial charge in [-0.3, -0.25) is 15.0 Å². The summed E-state index contributed by atoms with van der Waals surface area (Å²) in [5, 5.41) is 8.71.